The molecule has 3 nitrogen and oxygen atoms in total. The van der Waals surface area contributed by atoms with Crippen LogP contribution in [0, 0.1) is 12.3 Å². The lowest BCUT2D eigenvalue weighted by Crippen LogP contribution is -1.99. The number of carbonyl (C=O) groups is 1. The number of ketones is 1. The maximum Gasteiger partial charge on any atom is 0.162 e. The highest BCUT2D eigenvalue weighted by molar-refractivity contribution is 5.75. The predicted octanol–water partition coefficient (Wildman–Crippen LogP) is 2.23. The van der Waals surface area contributed by atoms with E-state index in [1.807, 2.05) is 18.2 Å². The fourth-order valence-corrected chi connectivity index (χ4v) is 1.43. The lowest BCUT2D eigenvalue weighted by molar-refractivity contribution is -0.116. The van der Waals surface area contributed by atoms with Crippen LogP contribution in [0.2, 0.25) is 0 Å². The van der Waals surface area contributed by atoms with Crippen LogP contribution in [0.5, 0.6) is 11.5 Å². The molecule has 0 unspecified atom stereocenters. The summed E-state index contributed by atoms with van der Waals surface area (Å²) >= 11 is 0. The fraction of sp³-hybridized carbons (Fsp3) is 0.357. The van der Waals surface area contributed by atoms with Crippen molar-refractivity contribution >= 4 is 5.78 Å². The standard InChI is InChI=1S/C14H16O3/c1-4-9-17-13-8-7-12(6-5-11(2)15)10-14(13)16-3/h1,7-8,10H,5-6,9H2,2-3H3. The van der Waals surface area contributed by atoms with Gasteiger partial charge in [0.1, 0.15) is 12.4 Å². The third kappa shape index (κ3) is 4.20. The van der Waals surface area contributed by atoms with Gasteiger partial charge in [0, 0.05) is 6.42 Å². The second kappa shape index (κ2) is 6.59. The van der Waals surface area contributed by atoms with Crippen LogP contribution < -0.4 is 9.47 Å². The van der Waals surface area contributed by atoms with Crippen molar-refractivity contribution in [2.45, 2.75) is 19.8 Å². The van der Waals surface area contributed by atoms with E-state index >= 15 is 0 Å². The maximum atomic E-state index is 10.9. The van der Waals surface area contributed by atoms with E-state index in [1.165, 1.54) is 0 Å². The average Bonchev–Trinajstić information content (AvgIpc) is 2.34. The summed E-state index contributed by atoms with van der Waals surface area (Å²) in [6.07, 6.45) is 6.37. The molecule has 0 N–H and O–H groups in total. The molecule has 0 heterocycles. The Morgan fingerprint density at radius 2 is 2.18 bits per heavy atom. The highest BCUT2D eigenvalue weighted by Crippen LogP contribution is 2.28. The molecule has 1 aromatic carbocycles. The van der Waals surface area contributed by atoms with E-state index < -0.39 is 0 Å². The largest absolute Gasteiger partial charge is 0.493 e. The minimum Gasteiger partial charge on any atom is -0.493 e. The molecule has 17 heavy (non-hydrogen) atoms. The average molecular weight is 232 g/mol. The molecule has 0 amide bonds. The summed E-state index contributed by atoms with van der Waals surface area (Å²) in [6, 6.07) is 5.59. The second-order valence-electron chi connectivity index (χ2n) is 3.68. The number of methoxy groups -OCH3 is 1. The van der Waals surface area contributed by atoms with Crippen LogP contribution in [-0.4, -0.2) is 19.5 Å². The maximum absolute atomic E-state index is 10.9. The zero-order valence-electron chi connectivity index (χ0n) is 10.2. The van der Waals surface area contributed by atoms with Crippen molar-refractivity contribution in [1.29, 1.82) is 0 Å². The smallest absolute Gasteiger partial charge is 0.162 e. The molecule has 3 heteroatoms. The Hall–Kier alpha value is -1.95. The Morgan fingerprint density at radius 3 is 2.76 bits per heavy atom. The second-order valence-corrected chi connectivity index (χ2v) is 3.68. The van der Waals surface area contributed by atoms with Crippen LogP contribution in [0.3, 0.4) is 0 Å². The van der Waals surface area contributed by atoms with Gasteiger partial charge in [0.05, 0.1) is 7.11 Å². The van der Waals surface area contributed by atoms with Crippen molar-refractivity contribution in [3.05, 3.63) is 23.8 Å². The topological polar surface area (TPSA) is 35.5 Å². The van der Waals surface area contributed by atoms with E-state index in [2.05, 4.69) is 5.92 Å². The van der Waals surface area contributed by atoms with Crippen molar-refractivity contribution in [3.8, 4) is 23.8 Å². The van der Waals surface area contributed by atoms with E-state index in [-0.39, 0.29) is 12.4 Å². The summed E-state index contributed by atoms with van der Waals surface area (Å²) in [5, 5.41) is 0. The van der Waals surface area contributed by atoms with Gasteiger partial charge in [0.15, 0.2) is 11.5 Å². The first kappa shape index (κ1) is 13.1. The fourth-order valence-electron chi connectivity index (χ4n) is 1.43. The zero-order valence-corrected chi connectivity index (χ0v) is 10.2. The van der Waals surface area contributed by atoms with Crippen molar-refractivity contribution in [3.63, 3.8) is 0 Å². The number of terminal acetylenes is 1. The molecule has 90 valence electrons. The van der Waals surface area contributed by atoms with Crippen molar-refractivity contribution in [2.24, 2.45) is 0 Å². The van der Waals surface area contributed by atoms with Gasteiger partial charge in [0.2, 0.25) is 0 Å². The summed E-state index contributed by atoms with van der Waals surface area (Å²) in [7, 11) is 1.58. The molecule has 0 spiro atoms. The molecular formula is C14H16O3. The van der Waals surface area contributed by atoms with Gasteiger partial charge in [-0.25, -0.2) is 0 Å². The van der Waals surface area contributed by atoms with Crippen molar-refractivity contribution in [2.75, 3.05) is 13.7 Å². The number of ether oxygens (including phenoxy) is 2. The molecule has 0 atom stereocenters. The van der Waals surface area contributed by atoms with E-state index in [4.69, 9.17) is 15.9 Å². The number of hydrogen-bond donors (Lipinski definition) is 0. The van der Waals surface area contributed by atoms with Gasteiger partial charge in [0.25, 0.3) is 0 Å². The highest BCUT2D eigenvalue weighted by atomic mass is 16.5. The molecule has 0 bridgehead atoms. The molecule has 1 rings (SSSR count). The van der Waals surface area contributed by atoms with Crippen molar-refractivity contribution in [1.82, 2.24) is 0 Å². The van der Waals surface area contributed by atoms with Gasteiger partial charge in [-0.3, -0.25) is 0 Å². The van der Waals surface area contributed by atoms with Crippen LogP contribution in [0.1, 0.15) is 18.9 Å². The minimum absolute atomic E-state index is 0.177. The van der Waals surface area contributed by atoms with Gasteiger partial charge in [-0.05, 0) is 31.0 Å². The Morgan fingerprint density at radius 1 is 1.41 bits per heavy atom. The number of benzene rings is 1. The number of Topliss-reactive ketones (excluding diaryl/α,β-unsaturated/α-hetero) is 1. The third-order valence-corrected chi connectivity index (χ3v) is 2.30. The quantitative estimate of drug-likeness (QED) is 0.705. The molecule has 0 fully saturated rings. The van der Waals surface area contributed by atoms with Gasteiger partial charge < -0.3 is 14.3 Å². The van der Waals surface area contributed by atoms with Crippen LogP contribution in [0.4, 0.5) is 0 Å². The van der Waals surface area contributed by atoms with Crippen LogP contribution in [-0.2, 0) is 11.2 Å². The SMILES string of the molecule is C#CCOc1ccc(CCC(C)=O)cc1OC. The number of carbonyl (C=O) groups excluding carboxylic acids is 1. The Balaban J connectivity index is 2.77. The summed E-state index contributed by atoms with van der Waals surface area (Å²) in [5.41, 5.74) is 1.05. The van der Waals surface area contributed by atoms with Gasteiger partial charge >= 0.3 is 0 Å². The zero-order chi connectivity index (χ0) is 12.7. The molecule has 0 aromatic heterocycles. The van der Waals surface area contributed by atoms with E-state index in [0.29, 0.717) is 24.3 Å². The number of hydrogen-bond acceptors (Lipinski definition) is 3. The Labute approximate surface area is 102 Å². The highest BCUT2D eigenvalue weighted by Gasteiger charge is 2.06. The lowest BCUT2D eigenvalue weighted by Gasteiger charge is -2.10. The molecule has 0 aliphatic heterocycles. The first-order valence-corrected chi connectivity index (χ1v) is 5.40. The molecule has 0 aliphatic carbocycles. The minimum atomic E-state index is 0.177. The third-order valence-electron chi connectivity index (χ3n) is 2.30. The van der Waals surface area contributed by atoms with Gasteiger partial charge in [-0.2, -0.15) is 0 Å². The molecule has 1 aromatic rings. The van der Waals surface area contributed by atoms with Gasteiger partial charge in [-0.1, -0.05) is 12.0 Å². The number of rotatable bonds is 6. The van der Waals surface area contributed by atoms with Gasteiger partial charge in [-0.15, -0.1) is 6.42 Å². The van der Waals surface area contributed by atoms with Crippen LogP contribution in [0.25, 0.3) is 0 Å². The van der Waals surface area contributed by atoms with Crippen LogP contribution in [0.15, 0.2) is 18.2 Å². The van der Waals surface area contributed by atoms with E-state index in [0.717, 1.165) is 5.56 Å². The van der Waals surface area contributed by atoms with E-state index in [9.17, 15) is 4.79 Å². The predicted molar refractivity (Wildman–Crippen MR) is 66.3 cm³/mol. The molecule has 0 saturated heterocycles. The monoisotopic (exact) mass is 232 g/mol. The summed E-state index contributed by atoms with van der Waals surface area (Å²) in [4.78, 5) is 10.9. The van der Waals surface area contributed by atoms with Crippen LogP contribution >= 0.6 is 0 Å². The molecular weight excluding hydrogens is 216 g/mol. The summed E-state index contributed by atoms with van der Waals surface area (Å²) in [6.45, 7) is 1.80. The Kier molecular flexibility index (Phi) is 5.09. The molecule has 0 radical (unpaired) electrons. The summed E-state index contributed by atoms with van der Waals surface area (Å²) < 4.78 is 10.5. The number of aryl methyl sites for hydroxylation is 1. The van der Waals surface area contributed by atoms with Crippen molar-refractivity contribution < 1.29 is 14.3 Å². The first-order chi connectivity index (χ1) is 8.17. The molecule has 0 aliphatic rings. The Bertz CT molecular complexity index is 430. The lowest BCUT2D eigenvalue weighted by atomic mass is 10.1. The normalized spacial score (nSPS) is 9.47. The molecule has 0 saturated carbocycles. The van der Waals surface area contributed by atoms with E-state index in [1.54, 1.807) is 14.0 Å². The summed E-state index contributed by atoms with van der Waals surface area (Å²) in [5.74, 6) is 3.84. The first-order valence-electron chi connectivity index (χ1n) is 5.40.